The van der Waals surface area contributed by atoms with Gasteiger partial charge in [-0.25, -0.2) is 0 Å². The van der Waals surface area contributed by atoms with Gasteiger partial charge in [-0.2, -0.15) is 0 Å². The van der Waals surface area contributed by atoms with Crippen LogP contribution in [0.3, 0.4) is 0 Å². The number of furan rings is 1. The van der Waals surface area contributed by atoms with Gasteiger partial charge >= 0.3 is 0 Å². The fourth-order valence-electron chi connectivity index (χ4n) is 1.97. The average Bonchev–Trinajstić information content (AvgIpc) is 2.86. The van der Waals surface area contributed by atoms with Crippen LogP contribution in [0.25, 0.3) is 0 Å². The molecule has 2 rings (SSSR count). The minimum atomic E-state index is -0.162. The molecule has 2 atom stereocenters. The molecule has 0 radical (unpaired) electrons. The van der Waals surface area contributed by atoms with E-state index in [1.807, 2.05) is 13.8 Å². The molecular formula is C12H17NO3. The second kappa shape index (κ2) is 4.70. The summed E-state index contributed by atoms with van der Waals surface area (Å²) in [6, 6.07) is 1.81. The number of amides is 1. The molecule has 1 aliphatic heterocycles. The standard InChI is InChI=1S/C12H17NO3/c1-8-5-7-16-11(8)12(14)13-9(2)10-4-3-6-15-10/h5,7,9-10H,3-4,6H2,1-2H3,(H,13,14)/t9-,10+/m1/s1. The van der Waals surface area contributed by atoms with Gasteiger partial charge in [-0.3, -0.25) is 4.79 Å². The van der Waals surface area contributed by atoms with Crippen LogP contribution in [0.2, 0.25) is 0 Å². The zero-order valence-corrected chi connectivity index (χ0v) is 9.66. The molecule has 1 N–H and O–H groups in total. The molecule has 88 valence electrons. The molecule has 0 spiro atoms. The molecule has 0 saturated carbocycles. The van der Waals surface area contributed by atoms with E-state index < -0.39 is 0 Å². The smallest absolute Gasteiger partial charge is 0.287 e. The molecule has 1 amide bonds. The quantitative estimate of drug-likeness (QED) is 0.851. The maximum absolute atomic E-state index is 11.8. The molecule has 1 aromatic heterocycles. The zero-order valence-electron chi connectivity index (χ0n) is 9.66. The highest BCUT2D eigenvalue weighted by atomic mass is 16.5. The highest BCUT2D eigenvalue weighted by molar-refractivity contribution is 5.92. The molecule has 1 aliphatic rings. The van der Waals surface area contributed by atoms with Crippen molar-refractivity contribution in [2.24, 2.45) is 0 Å². The molecule has 0 aliphatic carbocycles. The van der Waals surface area contributed by atoms with E-state index in [-0.39, 0.29) is 18.1 Å². The van der Waals surface area contributed by atoms with Crippen molar-refractivity contribution in [1.29, 1.82) is 0 Å². The van der Waals surface area contributed by atoms with E-state index in [1.165, 1.54) is 6.26 Å². The summed E-state index contributed by atoms with van der Waals surface area (Å²) in [6.07, 6.45) is 3.75. The first kappa shape index (κ1) is 11.2. The number of hydrogen-bond donors (Lipinski definition) is 1. The second-order valence-corrected chi connectivity index (χ2v) is 4.25. The largest absolute Gasteiger partial charge is 0.459 e. The van der Waals surface area contributed by atoms with Gasteiger partial charge < -0.3 is 14.5 Å². The van der Waals surface area contributed by atoms with Crippen LogP contribution < -0.4 is 5.32 Å². The Morgan fingerprint density at radius 1 is 1.62 bits per heavy atom. The Labute approximate surface area is 95.0 Å². The van der Waals surface area contributed by atoms with Crippen molar-refractivity contribution < 1.29 is 13.9 Å². The molecule has 1 aromatic rings. The Hall–Kier alpha value is -1.29. The fraction of sp³-hybridized carbons (Fsp3) is 0.583. The molecule has 0 unspecified atom stereocenters. The summed E-state index contributed by atoms with van der Waals surface area (Å²) >= 11 is 0. The van der Waals surface area contributed by atoms with E-state index in [0.717, 1.165) is 25.0 Å². The molecule has 1 saturated heterocycles. The monoisotopic (exact) mass is 223 g/mol. The van der Waals surface area contributed by atoms with Crippen LogP contribution in [0.4, 0.5) is 0 Å². The lowest BCUT2D eigenvalue weighted by Crippen LogP contribution is -2.40. The summed E-state index contributed by atoms with van der Waals surface area (Å²) in [5, 5.41) is 2.91. The lowest BCUT2D eigenvalue weighted by atomic mass is 10.1. The van der Waals surface area contributed by atoms with Crippen LogP contribution in [-0.2, 0) is 4.74 Å². The predicted octanol–water partition coefficient (Wildman–Crippen LogP) is 1.89. The maximum atomic E-state index is 11.8. The molecule has 4 heteroatoms. The second-order valence-electron chi connectivity index (χ2n) is 4.25. The van der Waals surface area contributed by atoms with Gasteiger partial charge in [0.2, 0.25) is 0 Å². The van der Waals surface area contributed by atoms with Crippen LogP contribution in [-0.4, -0.2) is 24.7 Å². The first-order valence-electron chi connectivity index (χ1n) is 5.65. The summed E-state index contributed by atoms with van der Waals surface area (Å²) in [5.74, 6) is 0.232. The molecule has 0 aromatic carbocycles. The Morgan fingerprint density at radius 2 is 2.44 bits per heavy atom. The van der Waals surface area contributed by atoms with Crippen LogP contribution >= 0.6 is 0 Å². The molecule has 1 fully saturated rings. The van der Waals surface area contributed by atoms with Gasteiger partial charge in [0.1, 0.15) is 0 Å². The fourth-order valence-corrected chi connectivity index (χ4v) is 1.97. The van der Waals surface area contributed by atoms with Gasteiger partial charge in [-0.05, 0) is 32.8 Å². The summed E-state index contributed by atoms with van der Waals surface area (Å²) in [4.78, 5) is 11.8. The summed E-state index contributed by atoms with van der Waals surface area (Å²) in [5.41, 5.74) is 0.858. The lowest BCUT2D eigenvalue weighted by molar-refractivity contribution is 0.0696. The molecule has 2 heterocycles. The van der Waals surface area contributed by atoms with Gasteiger partial charge in [0.15, 0.2) is 5.76 Å². The van der Waals surface area contributed by atoms with E-state index in [1.54, 1.807) is 6.07 Å². The van der Waals surface area contributed by atoms with E-state index in [4.69, 9.17) is 9.15 Å². The number of aryl methyl sites for hydroxylation is 1. The maximum Gasteiger partial charge on any atom is 0.287 e. The van der Waals surface area contributed by atoms with E-state index in [2.05, 4.69) is 5.32 Å². The van der Waals surface area contributed by atoms with Gasteiger partial charge in [-0.15, -0.1) is 0 Å². The Kier molecular flexibility index (Phi) is 3.29. The zero-order chi connectivity index (χ0) is 11.5. The van der Waals surface area contributed by atoms with Gasteiger partial charge in [-0.1, -0.05) is 0 Å². The van der Waals surface area contributed by atoms with Crippen molar-refractivity contribution in [2.75, 3.05) is 6.61 Å². The highest BCUT2D eigenvalue weighted by Gasteiger charge is 2.25. The molecular weight excluding hydrogens is 206 g/mol. The first-order chi connectivity index (χ1) is 7.68. The third kappa shape index (κ3) is 2.27. The van der Waals surface area contributed by atoms with Crippen molar-refractivity contribution in [1.82, 2.24) is 5.32 Å². The van der Waals surface area contributed by atoms with Crippen LogP contribution in [0, 0.1) is 6.92 Å². The number of nitrogens with one attached hydrogen (secondary N) is 1. The topological polar surface area (TPSA) is 51.5 Å². The first-order valence-corrected chi connectivity index (χ1v) is 5.65. The Morgan fingerprint density at radius 3 is 3.00 bits per heavy atom. The minimum absolute atomic E-state index is 0.0273. The predicted molar refractivity (Wildman–Crippen MR) is 59.3 cm³/mol. The average molecular weight is 223 g/mol. The third-order valence-electron chi connectivity index (χ3n) is 2.95. The van der Waals surface area contributed by atoms with Crippen LogP contribution in [0.5, 0.6) is 0 Å². The Balaban J connectivity index is 1.94. The van der Waals surface area contributed by atoms with E-state index in [9.17, 15) is 4.79 Å². The Bertz CT molecular complexity index is 366. The normalized spacial score (nSPS) is 22.0. The SMILES string of the molecule is Cc1ccoc1C(=O)N[C@H](C)[C@@H]1CCCO1. The third-order valence-corrected chi connectivity index (χ3v) is 2.95. The number of ether oxygens (including phenoxy) is 1. The van der Waals surface area contributed by atoms with E-state index in [0.29, 0.717) is 5.76 Å². The molecule has 4 nitrogen and oxygen atoms in total. The van der Waals surface area contributed by atoms with Gasteiger partial charge in [0.05, 0.1) is 18.4 Å². The van der Waals surface area contributed by atoms with Crippen LogP contribution in [0.1, 0.15) is 35.9 Å². The van der Waals surface area contributed by atoms with Crippen molar-refractivity contribution in [2.45, 2.75) is 38.8 Å². The van der Waals surface area contributed by atoms with E-state index >= 15 is 0 Å². The number of carbonyl (C=O) groups excluding carboxylic acids is 1. The van der Waals surface area contributed by atoms with Crippen molar-refractivity contribution in [3.63, 3.8) is 0 Å². The van der Waals surface area contributed by atoms with Crippen molar-refractivity contribution in [3.05, 3.63) is 23.7 Å². The summed E-state index contributed by atoms with van der Waals surface area (Å²) in [6.45, 7) is 4.62. The number of hydrogen-bond acceptors (Lipinski definition) is 3. The summed E-state index contributed by atoms with van der Waals surface area (Å²) in [7, 11) is 0. The highest BCUT2D eigenvalue weighted by Crippen LogP contribution is 2.16. The summed E-state index contributed by atoms with van der Waals surface area (Å²) < 4.78 is 10.7. The number of rotatable bonds is 3. The van der Waals surface area contributed by atoms with Crippen molar-refractivity contribution >= 4 is 5.91 Å². The van der Waals surface area contributed by atoms with Gasteiger partial charge in [0.25, 0.3) is 5.91 Å². The minimum Gasteiger partial charge on any atom is -0.459 e. The van der Waals surface area contributed by atoms with Crippen molar-refractivity contribution in [3.8, 4) is 0 Å². The molecule has 0 bridgehead atoms. The van der Waals surface area contributed by atoms with Gasteiger partial charge in [0, 0.05) is 12.2 Å². The number of carbonyl (C=O) groups is 1. The molecule has 16 heavy (non-hydrogen) atoms. The van der Waals surface area contributed by atoms with Crippen LogP contribution in [0.15, 0.2) is 16.7 Å². The lowest BCUT2D eigenvalue weighted by Gasteiger charge is -2.19.